The first-order valence-corrected chi connectivity index (χ1v) is 6.41. The van der Waals surface area contributed by atoms with Crippen LogP contribution in [0.25, 0.3) is 0 Å². The van der Waals surface area contributed by atoms with Crippen LogP contribution in [0.4, 0.5) is 5.69 Å². The molecule has 0 aliphatic heterocycles. The van der Waals surface area contributed by atoms with E-state index in [-0.39, 0.29) is 5.69 Å². The molecule has 0 amide bonds. The van der Waals surface area contributed by atoms with Gasteiger partial charge in [0.25, 0.3) is 5.69 Å². The van der Waals surface area contributed by atoms with Crippen LogP contribution in [0.15, 0.2) is 48.5 Å². The SMILES string of the molecule is CCNCc1cccc(Oc2ccc([N+](=O)[O-])cc2)c1. The van der Waals surface area contributed by atoms with Crippen molar-refractivity contribution in [2.75, 3.05) is 6.54 Å². The molecule has 0 bridgehead atoms. The number of hydrogen-bond donors (Lipinski definition) is 1. The molecule has 0 aliphatic carbocycles. The molecular formula is C15H16N2O3. The van der Waals surface area contributed by atoms with Crippen LogP contribution >= 0.6 is 0 Å². The highest BCUT2D eigenvalue weighted by Gasteiger charge is 2.05. The van der Waals surface area contributed by atoms with Crippen LogP contribution in [0.1, 0.15) is 12.5 Å². The van der Waals surface area contributed by atoms with Gasteiger partial charge in [0.1, 0.15) is 11.5 Å². The Hall–Kier alpha value is -2.40. The number of nitro benzene ring substituents is 1. The molecule has 0 aliphatic rings. The Labute approximate surface area is 117 Å². The predicted octanol–water partition coefficient (Wildman–Crippen LogP) is 3.50. The van der Waals surface area contributed by atoms with Crippen LogP contribution < -0.4 is 10.1 Å². The Morgan fingerprint density at radius 2 is 1.90 bits per heavy atom. The first-order chi connectivity index (χ1) is 9.69. The average molecular weight is 272 g/mol. The molecule has 5 nitrogen and oxygen atoms in total. The third-order valence-corrected chi connectivity index (χ3v) is 2.76. The number of rotatable bonds is 6. The quantitative estimate of drug-likeness (QED) is 0.645. The van der Waals surface area contributed by atoms with E-state index >= 15 is 0 Å². The lowest BCUT2D eigenvalue weighted by Crippen LogP contribution is -2.11. The van der Waals surface area contributed by atoms with E-state index in [4.69, 9.17) is 4.74 Å². The van der Waals surface area contributed by atoms with Gasteiger partial charge in [-0.3, -0.25) is 10.1 Å². The molecule has 2 aromatic carbocycles. The summed E-state index contributed by atoms with van der Waals surface area (Å²) in [6.07, 6.45) is 0. The van der Waals surface area contributed by atoms with E-state index in [1.807, 2.05) is 24.3 Å². The third kappa shape index (κ3) is 3.80. The first kappa shape index (κ1) is 14.0. The Morgan fingerprint density at radius 3 is 2.55 bits per heavy atom. The lowest BCUT2D eigenvalue weighted by atomic mass is 10.2. The molecule has 0 radical (unpaired) electrons. The van der Waals surface area contributed by atoms with Gasteiger partial charge in [-0.15, -0.1) is 0 Å². The zero-order valence-electron chi connectivity index (χ0n) is 11.2. The maximum Gasteiger partial charge on any atom is 0.269 e. The molecule has 5 heteroatoms. The zero-order chi connectivity index (χ0) is 14.4. The molecule has 0 atom stereocenters. The van der Waals surface area contributed by atoms with Gasteiger partial charge in [0.05, 0.1) is 4.92 Å². The van der Waals surface area contributed by atoms with Crippen LogP contribution in [0.5, 0.6) is 11.5 Å². The highest BCUT2D eigenvalue weighted by Crippen LogP contribution is 2.24. The molecule has 0 spiro atoms. The molecule has 0 unspecified atom stereocenters. The fourth-order valence-electron chi connectivity index (χ4n) is 1.76. The van der Waals surface area contributed by atoms with E-state index in [1.165, 1.54) is 12.1 Å². The monoisotopic (exact) mass is 272 g/mol. The van der Waals surface area contributed by atoms with E-state index in [0.717, 1.165) is 18.7 Å². The van der Waals surface area contributed by atoms with Gasteiger partial charge in [0.15, 0.2) is 0 Å². The first-order valence-electron chi connectivity index (χ1n) is 6.41. The molecule has 20 heavy (non-hydrogen) atoms. The summed E-state index contributed by atoms with van der Waals surface area (Å²) >= 11 is 0. The summed E-state index contributed by atoms with van der Waals surface area (Å²) in [5, 5.41) is 13.8. The summed E-state index contributed by atoms with van der Waals surface area (Å²) in [5.74, 6) is 1.30. The van der Waals surface area contributed by atoms with E-state index in [1.54, 1.807) is 12.1 Å². The Morgan fingerprint density at radius 1 is 1.15 bits per heavy atom. The minimum atomic E-state index is -0.430. The predicted molar refractivity (Wildman–Crippen MR) is 77.0 cm³/mol. The molecule has 1 N–H and O–H groups in total. The largest absolute Gasteiger partial charge is 0.457 e. The topological polar surface area (TPSA) is 64.4 Å². The lowest BCUT2D eigenvalue weighted by molar-refractivity contribution is -0.384. The van der Waals surface area contributed by atoms with E-state index in [9.17, 15) is 10.1 Å². The van der Waals surface area contributed by atoms with Gasteiger partial charge in [-0.1, -0.05) is 19.1 Å². The van der Waals surface area contributed by atoms with E-state index in [2.05, 4.69) is 12.2 Å². The minimum Gasteiger partial charge on any atom is -0.457 e. The Balaban J connectivity index is 2.07. The molecule has 2 rings (SSSR count). The van der Waals surface area contributed by atoms with Crippen LogP contribution in [0.2, 0.25) is 0 Å². The van der Waals surface area contributed by atoms with Crippen LogP contribution in [0, 0.1) is 10.1 Å². The van der Waals surface area contributed by atoms with Crippen molar-refractivity contribution in [2.45, 2.75) is 13.5 Å². The maximum absolute atomic E-state index is 10.6. The molecule has 0 aromatic heterocycles. The number of benzene rings is 2. The van der Waals surface area contributed by atoms with Crippen LogP contribution in [0.3, 0.4) is 0 Å². The molecule has 0 saturated heterocycles. The van der Waals surface area contributed by atoms with Crippen molar-refractivity contribution in [3.63, 3.8) is 0 Å². The third-order valence-electron chi connectivity index (χ3n) is 2.76. The molecule has 104 valence electrons. The smallest absolute Gasteiger partial charge is 0.269 e. The summed E-state index contributed by atoms with van der Waals surface area (Å²) in [7, 11) is 0. The lowest BCUT2D eigenvalue weighted by Gasteiger charge is -2.08. The standard InChI is InChI=1S/C15H16N2O3/c1-2-16-11-12-4-3-5-15(10-12)20-14-8-6-13(7-9-14)17(18)19/h3-10,16H,2,11H2,1H3. The van der Waals surface area contributed by atoms with Crippen LogP contribution in [-0.2, 0) is 6.54 Å². The number of ether oxygens (including phenoxy) is 1. The van der Waals surface area contributed by atoms with E-state index < -0.39 is 4.92 Å². The highest BCUT2D eigenvalue weighted by molar-refractivity contribution is 5.39. The van der Waals surface area contributed by atoms with Gasteiger partial charge in [-0.2, -0.15) is 0 Å². The normalized spacial score (nSPS) is 10.2. The number of hydrogen-bond acceptors (Lipinski definition) is 4. The minimum absolute atomic E-state index is 0.0539. The number of nitro groups is 1. The van der Waals surface area contributed by atoms with Crippen molar-refractivity contribution in [3.05, 3.63) is 64.2 Å². The summed E-state index contributed by atoms with van der Waals surface area (Å²) in [6.45, 7) is 3.75. The van der Waals surface area contributed by atoms with Crippen molar-refractivity contribution < 1.29 is 9.66 Å². The molecule has 0 saturated carbocycles. The average Bonchev–Trinajstić information content (AvgIpc) is 2.46. The van der Waals surface area contributed by atoms with Gasteiger partial charge in [0.2, 0.25) is 0 Å². The zero-order valence-corrected chi connectivity index (χ0v) is 11.2. The number of nitrogens with one attached hydrogen (secondary N) is 1. The van der Waals surface area contributed by atoms with Gasteiger partial charge >= 0.3 is 0 Å². The summed E-state index contributed by atoms with van der Waals surface area (Å²) in [6, 6.07) is 13.8. The van der Waals surface area contributed by atoms with Gasteiger partial charge in [-0.25, -0.2) is 0 Å². The molecule has 0 heterocycles. The van der Waals surface area contributed by atoms with Crippen molar-refractivity contribution in [1.82, 2.24) is 5.32 Å². The van der Waals surface area contributed by atoms with Crippen LogP contribution in [-0.4, -0.2) is 11.5 Å². The van der Waals surface area contributed by atoms with Gasteiger partial charge in [0, 0.05) is 18.7 Å². The van der Waals surface area contributed by atoms with Gasteiger partial charge < -0.3 is 10.1 Å². The highest BCUT2D eigenvalue weighted by atomic mass is 16.6. The fourth-order valence-corrected chi connectivity index (χ4v) is 1.76. The number of non-ortho nitro benzene ring substituents is 1. The molecular weight excluding hydrogens is 256 g/mol. The summed E-state index contributed by atoms with van der Waals surface area (Å²) in [5.41, 5.74) is 1.18. The molecule has 2 aromatic rings. The van der Waals surface area contributed by atoms with Crippen molar-refractivity contribution >= 4 is 5.69 Å². The van der Waals surface area contributed by atoms with Gasteiger partial charge in [-0.05, 0) is 36.4 Å². The second-order valence-corrected chi connectivity index (χ2v) is 4.28. The Bertz CT molecular complexity index is 582. The van der Waals surface area contributed by atoms with Crippen molar-refractivity contribution in [2.24, 2.45) is 0 Å². The fraction of sp³-hybridized carbons (Fsp3) is 0.200. The van der Waals surface area contributed by atoms with Crippen molar-refractivity contribution in [3.8, 4) is 11.5 Å². The number of nitrogens with zero attached hydrogens (tertiary/aromatic N) is 1. The van der Waals surface area contributed by atoms with Crippen molar-refractivity contribution in [1.29, 1.82) is 0 Å². The summed E-state index contributed by atoms with van der Waals surface area (Å²) in [4.78, 5) is 10.1. The van der Waals surface area contributed by atoms with E-state index in [0.29, 0.717) is 11.5 Å². The summed E-state index contributed by atoms with van der Waals surface area (Å²) < 4.78 is 5.68. The second kappa shape index (κ2) is 6.68. The second-order valence-electron chi connectivity index (χ2n) is 4.28. The molecule has 0 fully saturated rings. The maximum atomic E-state index is 10.6. The Kier molecular flexibility index (Phi) is 4.68.